The van der Waals surface area contributed by atoms with Gasteiger partial charge in [0.1, 0.15) is 18.7 Å². The maximum Gasteiger partial charge on any atom is 0.329 e. The van der Waals surface area contributed by atoms with Crippen LogP contribution >= 0.6 is 0 Å². The molecule has 0 radical (unpaired) electrons. The second kappa shape index (κ2) is 16.7. The zero-order chi connectivity index (χ0) is 31.4. The molecule has 14 nitrogen and oxygen atoms in total. The van der Waals surface area contributed by atoms with Gasteiger partial charge in [0.2, 0.25) is 5.91 Å². The van der Waals surface area contributed by atoms with Crippen molar-refractivity contribution in [3.05, 3.63) is 59.2 Å². The van der Waals surface area contributed by atoms with Gasteiger partial charge < -0.3 is 29.0 Å². The van der Waals surface area contributed by atoms with Crippen LogP contribution in [0.4, 0.5) is 0 Å². The summed E-state index contributed by atoms with van der Waals surface area (Å²) in [5.41, 5.74) is 2.52. The van der Waals surface area contributed by atoms with Crippen molar-refractivity contribution < 1.29 is 53.7 Å². The monoisotopic (exact) mass is 605 g/mol. The summed E-state index contributed by atoms with van der Waals surface area (Å²) in [5.74, 6) is -1.25. The third-order valence-electron chi connectivity index (χ3n) is 6.98. The number of aliphatic carboxylic acids is 1. The topological polar surface area (TPSA) is 177 Å². The number of fused-ring (bicyclic) bond motifs is 1. The number of benzene rings is 2. The van der Waals surface area contributed by atoms with Crippen molar-refractivity contribution in [1.29, 1.82) is 0 Å². The molecule has 3 rings (SSSR count). The van der Waals surface area contributed by atoms with Crippen LogP contribution in [0.1, 0.15) is 30.0 Å². The van der Waals surface area contributed by atoms with E-state index in [0.717, 1.165) is 16.7 Å². The number of nitrogens with one attached hydrogen (secondary N) is 1. The minimum Gasteiger partial charge on any atom is -0.493 e. The second-order valence-electron chi connectivity index (χ2n) is 9.83. The molecule has 3 unspecified atom stereocenters. The minimum absolute atomic E-state index is 0.00783. The van der Waals surface area contributed by atoms with Crippen LogP contribution in [0.5, 0.6) is 11.5 Å². The van der Waals surface area contributed by atoms with Gasteiger partial charge in [0.25, 0.3) is 0 Å². The number of amides is 1. The Morgan fingerprint density at radius 1 is 1.00 bits per heavy atom. The molecule has 14 heteroatoms. The van der Waals surface area contributed by atoms with E-state index in [0.29, 0.717) is 17.9 Å². The highest BCUT2D eigenvalue weighted by Gasteiger charge is 2.39. The van der Waals surface area contributed by atoms with Crippen LogP contribution in [0.2, 0.25) is 0 Å². The van der Waals surface area contributed by atoms with E-state index in [9.17, 15) is 19.5 Å². The second-order valence-corrected chi connectivity index (χ2v) is 9.83. The quantitative estimate of drug-likeness (QED) is 0.116. The van der Waals surface area contributed by atoms with Crippen molar-refractivity contribution in [2.24, 2.45) is 0 Å². The lowest BCUT2D eigenvalue weighted by Crippen LogP contribution is -2.56. The van der Waals surface area contributed by atoms with E-state index in [4.69, 9.17) is 29.4 Å². The number of carbonyl (C=O) groups excluding carboxylic acids is 2. The minimum atomic E-state index is -1.08. The summed E-state index contributed by atoms with van der Waals surface area (Å²) < 4.78 is 21.5. The number of rotatable bonds is 17. The first kappa shape index (κ1) is 33.7. The van der Waals surface area contributed by atoms with E-state index in [1.54, 1.807) is 19.1 Å². The van der Waals surface area contributed by atoms with Gasteiger partial charge in [-0.15, -0.1) is 0 Å². The fourth-order valence-corrected chi connectivity index (χ4v) is 4.79. The van der Waals surface area contributed by atoms with Gasteiger partial charge in [0.05, 0.1) is 45.5 Å². The van der Waals surface area contributed by atoms with E-state index in [-0.39, 0.29) is 45.8 Å². The van der Waals surface area contributed by atoms with Gasteiger partial charge in [-0.05, 0) is 48.6 Å². The Kier molecular flexibility index (Phi) is 13.1. The molecule has 1 heterocycles. The van der Waals surface area contributed by atoms with Crippen molar-refractivity contribution in [3.8, 4) is 11.5 Å². The highest BCUT2D eigenvalue weighted by Crippen LogP contribution is 2.35. The van der Waals surface area contributed by atoms with Crippen LogP contribution in [-0.4, -0.2) is 102 Å². The average Bonchev–Trinajstić information content (AvgIpc) is 3.00. The number of esters is 1. The summed E-state index contributed by atoms with van der Waals surface area (Å²) in [6.45, 7) is 1.40. The van der Waals surface area contributed by atoms with Crippen LogP contribution in [0.15, 0.2) is 42.5 Å². The van der Waals surface area contributed by atoms with Gasteiger partial charge in [0, 0.05) is 13.0 Å². The lowest BCUT2D eigenvalue weighted by Gasteiger charge is -2.37. The molecule has 236 valence electrons. The van der Waals surface area contributed by atoms with Gasteiger partial charge in [0.15, 0.2) is 11.5 Å². The standard InChI is InChI=1S/C29H39N3O11/c1-19(30-23(28(34)35)10-9-20-7-5-4-6-8-20)27(33)31-18-22-17-26(40-3)25(39-2)16-21(22)15-24(31)29(36)42-13-11-41-12-14-43-32(37)38/h4-8,16-17,19,23-24,30,37-38H,9-15,18H2,1-3H3,(H,34,35). The molecule has 0 spiro atoms. The van der Waals surface area contributed by atoms with Crippen molar-refractivity contribution in [3.63, 3.8) is 0 Å². The number of ether oxygens (including phenoxy) is 4. The Balaban J connectivity index is 1.72. The number of hydrogen-bond donors (Lipinski definition) is 4. The highest BCUT2D eigenvalue weighted by molar-refractivity contribution is 5.89. The highest BCUT2D eigenvalue weighted by atomic mass is 17.1. The number of nitrogens with zero attached hydrogens (tertiary/aromatic N) is 2. The van der Waals surface area contributed by atoms with E-state index >= 15 is 0 Å². The maximum atomic E-state index is 13.8. The van der Waals surface area contributed by atoms with E-state index in [2.05, 4.69) is 10.2 Å². The van der Waals surface area contributed by atoms with Gasteiger partial charge in [-0.2, -0.15) is 0 Å². The van der Waals surface area contributed by atoms with E-state index in [1.807, 2.05) is 30.3 Å². The predicted molar refractivity (Wildman–Crippen MR) is 150 cm³/mol. The molecule has 1 aliphatic heterocycles. The molecule has 0 saturated heterocycles. The van der Waals surface area contributed by atoms with Crippen LogP contribution in [-0.2, 0) is 48.1 Å². The Morgan fingerprint density at radius 2 is 1.65 bits per heavy atom. The van der Waals surface area contributed by atoms with Crippen LogP contribution in [0, 0.1) is 0 Å². The summed E-state index contributed by atoms with van der Waals surface area (Å²) in [4.78, 5) is 44.8. The molecule has 2 aromatic carbocycles. The molecule has 1 amide bonds. The molecule has 2 aromatic rings. The Morgan fingerprint density at radius 3 is 2.28 bits per heavy atom. The number of hydrogen-bond acceptors (Lipinski definition) is 12. The fraction of sp³-hybridized carbons (Fsp3) is 0.483. The van der Waals surface area contributed by atoms with E-state index < -0.39 is 41.4 Å². The van der Waals surface area contributed by atoms with Crippen molar-refractivity contribution >= 4 is 17.8 Å². The first-order valence-corrected chi connectivity index (χ1v) is 13.8. The average molecular weight is 606 g/mol. The predicted octanol–water partition coefficient (Wildman–Crippen LogP) is 1.59. The zero-order valence-corrected chi connectivity index (χ0v) is 24.4. The van der Waals surface area contributed by atoms with Crippen molar-refractivity contribution in [2.75, 3.05) is 40.6 Å². The normalized spacial score (nSPS) is 15.9. The number of methoxy groups -OCH3 is 2. The number of carboxylic acid groups (broad SMARTS) is 1. The number of carboxylic acids is 1. The molecule has 3 atom stereocenters. The lowest BCUT2D eigenvalue weighted by atomic mass is 9.92. The van der Waals surface area contributed by atoms with Crippen LogP contribution < -0.4 is 14.8 Å². The molecule has 0 bridgehead atoms. The fourth-order valence-electron chi connectivity index (χ4n) is 4.79. The van der Waals surface area contributed by atoms with Gasteiger partial charge in [-0.25, -0.2) is 9.63 Å². The summed E-state index contributed by atoms with van der Waals surface area (Å²) >= 11 is 0. The first-order chi connectivity index (χ1) is 20.6. The number of carbonyl (C=O) groups is 3. The third-order valence-corrected chi connectivity index (χ3v) is 6.98. The van der Waals surface area contributed by atoms with Crippen LogP contribution in [0.3, 0.4) is 0 Å². The lowest BCUT2D eigenvalue weighted by molar-refractivity contribution is -0.493. The van der Waals surface area contributed by atoms with Gasteiger partial charge in [-0.3, -0.25) is 25.3 Å². The molecule has 43 heavy (non-hydrogen) atoms. The SMILES string of the molecule is COc1cc2c(cc1OC)CN(C(=O)C(C)NC(CCc1ccccc1)C(=O)O)C(C(=O)OCCOCCON(O)O)C2. The van der Waals surface area contributed by atoms with Gasteiger partial charge in [-0.1, -0.05) is 30.3 Å². The van der Waals surface area contributed by atoms with Crippen molar-refractivity contribution in [2.45, 2.75) is 50.9 Å². The molecule has 0 aromatic heterocycles. The summed E-state index contributed by atoms with van der Waals surface area (Å²) in [5, 5.41) is 29.4. The molecular formula is C29H39N3O11. The maximum absolute atomic E-state index is 13.8. The Hall–Kier alpha value is -3.79. The first-order valence-electron chi connectivity index (χ1n) is 13.8. The van der Waals surface area contributed by atoms with Crippen LogP contribution in [0.25, 0.3) is 0 Å². The molecule has 1 aliphatic rings. The molecular weight excluding hydrogens is 566 g/mol. The van der Waals surface area contributed by atoms with Gasteiger partial charge >= 0.3 is 11.9 Å². The smallest absolute Gasteiger partial charge is 0.329 e. The van der Waals surface area contributed by atoms with E-state index in [1.165, 1.54) is 19.1 Å². The summed E-state index contributed by atoms with van der Waals surface area (Å²) in [6.07, 6.45) is 0.911. The summed E-state index contributed by atoms with van der Waals surface area (Å²) in [7, 11) is 3.00. The molecule has 0 aliphatic carbocycles. The summed E-state index contributed by atoms with van der Waals surface area (Å²) in [6, 6.07) is 10.1. The zero-order valence-electron chi connectivity index (χ0n) is 24.4. The Labute approximate surface area is 249 Å². The Bertz CT molecular complexity index is 1210. The number of aryl methyl sites for hydroxylation is 1. The molecule has 0 fully saturated rings. The third kappa shape index (κ3) is 9.88. The molecule has 0 saturated carbocycles. The van der Waals surface area contributed by atoms with Crippen molar-refractivity contribution in [1.82, 2.24) is 15.6 Å². The largest absolute Gasteiger partial charge is 0.493 e. The molecule has 4 N–H and O–H groups in total.